The Morgan fingerprint density at radius 1 is 1.30 bits per heavy atom. The number of ketones is 1. The molecule has 0 aromatic carbocycles. The summed E-state index contributed by atoms with van der Waals surface area (Å²) in [6.07, 6.45) is 11.5. The number of aliphatic hydroxyl groups excluding tert-OH is 2. The third kappa shape index (κ3) is 6.28. The number of hydrogen-bond donors (Lipinski definition) is 3. The lowest BCUT2D eigenvalue weighted by Crippen LogP contribution is -2.20. The van der Waals surface area contributed by atoms with Crippen LogP contribution in [0.5, 0.6) is 0 Å². The number of unbranched alkanes of at least 4 members (excludes halogenated alkanes) is 1. The molecular formula is C22H34O5. The number of aliphatic hydroxyl groups is 2. The molecule has 0 aromatic rings. The molecule has 0 heterocycles. The van der Waals surface area contributed by atoms with E-state index in [0.717, 1.165) is 32.1 Å². The van der Waals surface area contributed by atoms with E-state index in [2.05, 4.69) is 6.92 Å². The zero-order chi connectivity index (χ0) is 20.0. The summed E-state index contributed by atoms with van der Waals surface area (Å²) in [5.41, 5.74) is 0. The maximum Gasteiger partial charge on any atom is 0.306 e. The molecule has 3 N–H and O–H groups in total. The van der Waals surface area contributed by atoms with Crippen molar-refractivity contribution in [3.05, 3.63) is 24.3 Å². The van der Waals surface area contributed by atoms with Gasteiger partial charge in [-0.15, -0.1) is 0 Å². The summed E-state index contributed by atoms with van der Waals surface area (Å²) in [5.74, 6) is -1.02. The van der Waals surface area contributed by atoms with E-state index >= 15 is 0 Å². The van der Waals surface area contributed by atoms with Crippen LogP contribution in [0.1, 0.15) is 58.8 Å². The highest BCUT2D eigenvalue weighted by Crippen LogP contribution is 2.41. The second kappa shape index (κ2) is 10.2. The van der Waals surface area contributed by atoms with Gasteiger partial charge in [-0.25, -0.2) is 0 Å². The first-order valence-corrected chi connectivity index (χ1v) is 10.3. The van der Waals surface area contributed by atoms with E-state index in [1.807, 2.05) is 25.2 Å². The fourth-order valence-corrected chi connectivity index (χ4v) is 3.98. The maximum atomic E-state index is 12.2. The summed E-state index contributed by atoms with van der Waals surface area (Å²) in [6.45, 7) is 4.14. The maximum absolute atomic E-state index is 12.2. The van der Waals surface area contributed by atoms with Crippen LogP contribution < -0.4 is 0 Å². The zero-order valence-electron chi connectivity index (χ0n) is 16.5. The topological polar surface area (TPSA) is 94.8 Å². The first kappa shape index (κ1) is 21.8. The van der Waals surface area contributed by atoms with Crippen molar-refractivity contribution in [1.29, 1.82) is 0 Å². The molecule has 2 unspecified atom stereocenters. The summed E-state index contributed by atoms with van der Waals surface area (Å²) in [5, 5.41) is 29.4. The summed E-state index contributed by atoms with van der Waals surface area (Å²) in [4.78, 5) is 23.1. The van der Waals surface area contributed by atoms with Gasteiger partial charge in [-0.3, -0.25) is 9.59 Å². The number of aliphatic carboxylic acids is 1. The molecule has 7 atom stereocenters. The van der Waals surface area contributed by atoms with Crippen LogP contribution >= 0.6 is 0 Å². The van der Waals surface area contributed by atoms with Gasteiger partial charge in [-0.1, -0.05) is 51.0 Å². The molecule has 2 fully saturated rings. The van der Waals surface area contributed by atoms with Crippen molar-refractivity contribution in [3.8, 4) is 0 Å². The van der Waals surface area contributed by atoms with E-state index in [0.29, 0.717) is 6.42 Å². The number of carboxylic acids is 1. The molecule has 0 bridgehead atoms. The molecule has 0 radical (unpaired) electrons. The van der Waals surface area contributed by atoms with Gasteiger partial charge in [0.2, 0.25) is 0 Å². The highest BCUT2D eigenvalue weighted by molar-refractivity contribution is 5.84. The van der Waals surface area contributed by atoms with Crippen molar-refractivity contribution in [2.24, 2.45) is 29.6 Å². The molecule has 0 spiro atoms. The lowest BCUT2D eigenvalue weighted by atomic mass is 9.89. The summed E-state index contributed by atoms with van der Waals surface area (Å²) in [6, 6.07) is 0. The molecule has 2 aliphatic rings. The van der Waals surface area contributed by atoms with Gasteiger partial charge in [0.05, 0.1) is 18.1 Å². The summed E-state index contributed by atoms with van der Waals surface area (Å²) < 4.78 is 0. The third-order valence-corrected chi connectivity index (χ3v) is 6.09. The smallest absolute Gasteiger partial charge is 0.306 e. The standard InChI is InChI=1S/C22H34O5/c1-3-4-7-14(2)19(23)11-10-17-16(20(24)13-21(17)25)9-6-5-8-15-12-18(15)22(26)27/h5-6,10-11,14-19,21,23,25H,3-4,7-9,12-13H2,1-2H3,(H,26,27)/b6-5-,11-10+/t14-,15?,16-,17-,18?,19+,21-/m1/s1. The first-order chi connectivity index (χ1) is 12.8. The number of hydrogen-bond acceptors (Lipinski definition) is 4. The van der Waals surface area contributed by atoms with E-state index < -0.39 is 18.2 Å². The van der Waals surface area contributed by atoms with Crippen molar-refractivity contribution in [1.82, 2.24) is 0 Å². The Hall–Kier alpha value is -1.46. The van der Waals surface area contributed by atoms with Crippen LogP contribution in [0.15, 0.2) is 24.3 Å². The first-order valence-electron chi connectivity index (χ1n) is 10.3. The van der Waals surface area contributed by atoms with E-state index in [4.69, 9.17) is 5.11 Å². The van der Waals surface area contributed by atoms with E-state index in [1.165, 1.54) is 0 Å². The highest BCUT2D eigenvalue weighted by atomic mass is 16.4. The molecule has 2 rings (SSSR count). The van der Waals surface area contributed by atoms with Crippen molar-refractivity contribution in [2.45, 2.75) is 71.0 Å². The molecule has 5 heteroatoms. The number of carboxylic acid groups (broad SMARTS) is 1. The number of carbonyl (C=O) groups excluding carboxylic acids is 1. The quantitative estimate of drug-likeness (QED) is 0.479. The third-order valence-electron chi connectivity index (χ3n) is 6.09. The molecule has 0 aromatic heterocycles. The lowest BCUT2D eigenvalue weighted by Gasteiger charge is -2.19. The van der Waals surface area contributed by atoms with Crippen LogP contribution in [0.25, 0.3) is 0 Å². The molecule has 27 heavy (non-hydrogen) atoms. The fraction of sp³-hybridized carbons (Fsp3) is 0.727. The second-order valence-electron chi connectivity index (χ2n) is 8.30. The van der Waals surface area contributed by atoms with Crippen LogP contribution in [-0.4, -0.2) is 39.3 Å². The summed E-state index contributed by atoms with van der Waals surface area (Å²) in [7, 11) is 0. The number of rotatable bonds is 11. The minimum absolute atomic E-state index is 0.0603. The Balaban J connectivity index is 1.85. The predicted molar refractivity (Wildman–Crippen MR) is 104 cm³/mol. The van der Waals surface area contributed by atoms with Crippen LogP contribution in [0.4, 0.5) is 0 Å². The van der Waals surface area contributed by atoms with Crippen molar-refractivity contribution >= 4 is 11.8 Å². The van der Waals surface area contributed by atoms with E-state index in [-0.39, 0.29) is 41.8 Å². The Labute approximate surface area is 162 Å². The van der Waals surface area contributed by atoms with Gasteiger partial charge < -0.3 is 15.3 Å². The van der Waals surface area contributed by atoms with Gasteiger partial charge in [-0.05, 0) is 37.5 Å². The van der Waals surface area contributed by atoms with Gasteiger partial charge in [0.15, 0.2) is 0 Å². The number of carbonyl (C=O) groups is 2. The van der Waals surface area contributed by atoms with E-state index in [1.54, 1.807) is 6.08 Å². The van der Waals surface area contributed by atoms with Gasteiger partial charge in [0, 0.05) is 18.3 Å². The number of Topliss-reactive ketones (excluding diaryl/α,β-unsaturated/α-hetero) is 1. The van der Waals surface area contributed by atoms with Crippen molar-refractivity contribution in [2.75, 3.05) is 0 Å². The normalized spacial score (nSPS) is 33.0. The Kier molecular flexibility index (Phi) is 8.24. The zero-order valence-corrected chi connectivity index (χ0v) is 16.5. The molecule has 0 aliphatic heterocycles. The molecule has 0 amide bonds. The molecule has 152 valence electrons. The minimum Gasteiger partial charge on any atom is -0.481 e. The molecule has 2 aliphatic carbocycles. The van der Waals surface area contributed by atoms with Crippen LogP contribution in [0.2, 0.25) is 0 Å². The monoisotopic (exact) mass is 378 g/mol. The Morgan fingerprint density at radius 2 is 2.00 bits per heavy atom. The fourth-order valence-electron chi connectivity index (χ4n) is 3.98. The van der Waals surface area contributed by atoms with Gasteiger partial charge >= 0.3 is 5.97 Å². The Morgan fingerprint density at radius 3 is 2.63 bits per heavy atom. The van der Waals surface area contributed by atoms with Gasteiger partial charge in [0.1, 0.15) is 5.78 Å². The van der Waals surface area contributed by atoms with Crippen LogP contribution in [0.3, 0.4) is 0 Å². The summed E-state index contributed by atoms with van der Waals surface area (Å²) >= 11 is 0. The Bertz CT molecular complexity index is 567. The molecule has 2 saturated carbocycles. The number of allylic oxidation sites excluding steroid dienone is 2. The average Bonchev–Trinajstić information content (AvgIpc) is 3.35. The van der Waals surface area contributed by atoms with E-state index in [9.17, 15) is 19.8 Å². The predicted octanol–water partition coefficient (Wildman–Crippen LogP) is 3.35. The average molecular weight is 379 g/mol. The molecular weight excluding hydrogens is 344 g/mol. The van der Waals surface area contributed by atoms with Crippen molar-refractivity contribution < 1.29 is 24.9 Å². The van der Waals surface area contributed by atoms with Crippen molar-refractivity contribution in [3.63, 3.8) is 0 Å². The SMILES string of the molecule is CCCC[C@@H](C)[C@@H](O)/C=C/[C@H]1[C@H](O)CC(=O)[C@@H]1C/C=C\CC1CC1C(=O)O. The van der Waals surface area contributed by atoms with Gasteiger partial charge in [0.25, 0.3) is 0 Å². The second-order valence-corrected chi connectivity index (χ2v) is 8.30. The molecule has 5 nitrogen and oxygen atoms in total. The van der Waals surface area contributed by atoms with Gasteiger partial charge in [-0.2, -0.15) is 0 Å². The van der Waals surface area contributed by atoms with Crippen LogP contribution in [0, 0.1) is 29.6 Å². The lowest BCUT2D eigenvalue weighted by molar-refractivity contribution is -0.138. The largest absolute Gasteiger partial charge is 0.481 e. The van der Waals surface area contributed by atoms with Crippen LogP contribution in [-0.2, 0) is 9.59 Å². The molecule has 0 saturated heterocycles. The minimum atomic E-state index is -0.723. The highest BCUT2D eigenvalue weighted by Gasteiger charge is 2.42.